The maximum Gasteiger partial charge on any atom is 0.416 e. The lowest BCUT2D eigenvalue weighted by molar-refractivity contribution is -0.137. The van der Waals surface area contributed by atoms with Crippen LogP contribution in [-0.2, 0) is 22.1 Å². The van der Waals surface area contributed by atoms with E-state index < -0.39 is 11.7 Å². The Kier molecular flexibility index (Phi) is 6.18. The van der Waals surface area contributed by atoms with Gasteiger partial charge in [0.25, 0.3) is 0 Å². The van der Waals surface area contributed by atoms with Crippen molar-refractivity contribution in [1.29, 1.82) is 0 Å². The van der Waals surface area contributed by atoms with Crippen molar-refractivity contribution in [2.75, 3.05) is 26.2 Å². The fourth-order valence-electron chi connectivity index (χ4n) is 2.70. The Morgan fingerprint density at radius 2 is 2.18 bits per heavy atom. The number of halogens is 3. The lowest BCUT2D eigenvalue weighted by Crippen LogP contribution is -2.31. The van der Waals surface area contributed by atoms with Gasteiger partial charge in [-0.2, -0.15) is 13.2 Å². The van der Waals surface area contributed by atoms with Gasteiger partial charge in [0.05, 0.1) is 24.2 Å². The number of rotatable bonds is 7. The van der Waals surface area contributed by atoms with E-state index >= 15 is 0 Å². The first-order valence-electron chi connectivity index (χ1n) is 8.63. The molecule has 150 valence electrons. The molecule has 0 radical (unpaired) electrons. The molecule has 0 bridgehead atoms. The number of carbonyl (C=O) groups is 2. The van der Waals surface area contributed by atoms with Crippen molar-refractivity contribution in [2.45, 2.75) is 19.0 Å². The second kappa shape index (κ2) is 8.59. The number of nitrogens with one attached hydrogen (secondary N) is 1. The van der Waals surface area contributed by atoms with Crippen LogP contribution in [-0.4, -0.2) is 48.1 Å². The third-order valence-electron chi connectivity index (χ3n) is 4.10. The summed E-state index contributed by atoms with van der Waals surface area (Å²) in [5, 5.41) is 4.84. The van der Waals surface area contributed by atoms with E-state index in [1.54, 1.807) is 16.3 Å². The predicted octanol–water partition coefficient (Wildman–Crippen LogP) is 3.33. The van der Waals surface area contributed by atoms with Crippen LogP contribution >= 0.6 is 11.3 Å². The fraction of sp³-hybridized carbons (Fsp3) is 0.389. The van der Waals surface area contributed by atoms with E-state index in [-0.39, 0.29) is 18.4 Å². The molecule has 10 heteroatoms. The van der Waals surface area contributed by atoms with E-state index in [4.69, 9.17) is 4.74 Å². The maximum absolute atomic E-state index is 12.8. The quantitative estimate of drug-likeness (QED) is 0.707. The number of alkyl halides is 3. The predicted molar refractivity (Wildman–Crippen MR) is 96.8 cm³/mol. The molecule has 1 aromatic heterocycles. The third kappa shape index (κ3) is 5.22. The number of hydrogen-bond donors (Lipinski definition) is 1. The number of benzene rings is 1. The molecule has 0 unspecified atom stereocenters. The molecule has 1 aliphatic rings. The summed E-state index contributed by atoms with van der Waals surface area (Å²) in [6.07, 6.45) is -4.10. The van der Waals surface area contributed by atoms with Gasteiger partial charge in [0.15, 0.2) is 0 Å². The Hall–Kier alpha value is -2.62. The maximum atomic E-state index is 12.8. The molecule has 0 saturated carbocycles. The minimum absolute atomic E-state index is 0.0429. The van der Waals surface area contributed by atoms with E-state index in [1.165, 1.54) is 17.4 Å². The number of cyclic esters (lactones) is 1. The zero-order valence-electron chi connectivity index (χ0n) is 14.8. The van der Waals surface area contributed by atoms with Crippen LogP contribution in [0.4, 0.5) is 18.0 Å². The molecule has 0 aliphatic carbocycles. The summed E-state index contributed by atoms with van der Waals surface area (Å²) in [4.78, 5) is 29.1. The van der Waals surface area contributed by atoms with Crippen LogP contribution in [0.3, 0.4) is 0 Å². The molecule has 2 heterocycles. The van der Waals surface area contributed by atoms with Gasteiger partial charge in [-0.3, -0.25) is 4.79 Å². The Balaban J connectivity index is 1.49. The molecule has 1 fully saturated rings. The van der Waals surface area contributed by atoms with Gasteiger partial charge in [-0.05, 0) is 18.6 Å². The molecule has 0 atom stereocenters. The summed E-state index contributed by atoms with van der Waals surface area (Å²) >= 11 is 1.19. The monoisotopic (exact) mass is 413 g/mol. The Bertz CT molecular complexity index is 854. The van der Waals surface area contributed by atoms with Crippen molar-refractivity contribution in [3.05, 3.63) is 40.9 Å². The second-order valence-corrected chi connectivity index (χ2v) is 7.06. The molecule has 1 aromatic carbocycles. The van der Waals surface area contributed by atoms with Crippen molar-refractivity contribution < 1.29 is 27.5 Å². The highest BCUT2D eigenvalue weighted by Crippen LogP contribution is 2.33. The molecule has 2 aromatic rings. The number of carbonyl (C=O) groups excluding carboxylic acids is 2. The Morgan fingerprint density at radius 3 is 2.89 bits per heavy atom. The fourth-order valence-corrected chi connectivity index (χ4v) is 3.52. The largest absolute Gasteiger partial charge is 0.448 e. The first kappa shape index (κ1) is 20.1. The van der Waals surface area contributed by atoms with Crippen molar-refractivity contribution >= 4 is 23.3 Å². The third-order valence-corrected chi connectivity index (χ3v) is 5.04. The summed E-state index contributed by atoms with van der Waals surface area (Å²) in [5.74, 6) is -0.232. The molecule has 1 aliphatic heterocycles. The Labute approximate surface area is 163 Å². The summed E-state index contributed by atoms with van der Waals surface area (Å²) < 4.78 is 43.3. The van der Waals surface area contributed by atoms with Crippen molar-refractivity contribution in [1.82, 2.24) is 15.2 Å². The van der Waals surface area contributed by atoms with Crippen molar-refractivity contribution in [2.24, 2.45) is 0 Å². The lowest BCUT2D eigenvalue weighted by Gasteiger charge is -2.12. The van der Waals surface area contributed by atoms with Gasteiger partial charge >= 0.3 is 12.3 Å². The molecule has 6 nitrogen and oxygen atoms in total. The standard InChI is InChI=1S/C18H18F3N3O3S/c19-18(20,21)13-4-1-3-12(9-13)16-23-14(11-28-16)10-15(25)22-5-2-6-24-7-8-27-17(24)26/h1,3-4,9,11H,2,5-8,10H2,(H,22,25). The van der Waals surface area contributed by atoms with Gasteiger partial charge in [-0.25, -0.2) is 9.78 Å². The highest BCUT2D eigenvalue weighted by atomic mass is 32.1. The van der Waals surface area contributed by atoms with Gasteiger partial charge in [-0.1, -0.05) is 12.1 Å². The first-order chi connectivity index (χ1) is 13.3. The zero-order valence-corrected chi connectivity index (χ0v) is 15.6. The lowest BCUT2D eigenvalue weighted by atomic mass is 10.1. The number of thiazole rings is 1. The van der Waals surface area contributed by atoms with Gasteiger partial charge in [-0.15, -0.1) is 11.3 Å². The average molecular weight is 413 g/mol. The molecule has 1 N–H and O–H groups in total. The van der Waals surface area contributed by atoms with Crippen LogP contribution in [0.5, 0.6) is 0 Å². The van der Waals surface area contributed by atoms with Gasteiger partial charge in [0, 0.05) is 24.0 Å². The number of ether oxygens (including phenoxy) is 1. The minimum Gasteiger partial charge on any atom is -0.448 e. The van der Waals surface area contributed by atoms with E-state index in [0.29, 0.717) is 48.9 Å². The summed E-state index contributed by atoms with van der Waals surface area (Å²) in [7, 11) is 0. The van der Waals surface area contributed by atoms with E-state index in [9.17, 15) is 22.8 Å². The van der Waals surface area contributed by atoms with Crippen LogP contribution in [0, 0.1) is 0 Å². The van der Waals surface area contributed by atoms with Crippen LogP contribution in [0.25, 0.3) is 10.6 Å². The Morgan fingerprint density at radius 1 is 1.36 bits per heavy atom. The summed E-state index contributed by atoms with van der Waals surface area (Å²) in [6.45, 7) is 1.87. The van der Waals surface area contributed by atoms with Gasteiger partial charge in [0.1, 0.15) is 11.6 Å². The zero-order chi connectivity index (χ0) is 20.1. The highest BCUT2D eigenvalue weighted by molar-refractivity contribution is 7.13. The molecule has 1 saturated heterocycles. The topological polar surface area (TPSA) is 71.5 Å². The minimum atomic E-state index is -4.41. The summed E-state index contributed by atoms with van der Waals surface area (Å²) in [5.41, 5.74) is 0.128. The van der Waals surface area contributed by atoms with Gasteiger partial charge < -0.3 is 15.0 Å². The van der Waals surface area contributed by atoms with E-state index in [1.807, 2.05) is 0 Å². The number of nitrogens with zero attached hydrogens (tertiary/aromatic N) is 2. The first-order valence-corrected chi connectivity index (χ1v) is 9.51. The molecule has 28 heavy (non-hydrogen) atoms. The van der Waals surface area contributed by atoms with Crippen LogP contribution < -0.4 is 5.32 Å². The number of hydrogen-bond acceptors (Lipinski definition) is 5. The van der Waals surface area contributed by atoms with Crippen molar-refractivity contribution in [3.63, 3.8) is 0 Å². The number of aromatic nitrogens is 1. The van der Waals surface area contributed by atoms with Crippen LogP contribution in [0.15, 0.2) is 29.6 Å². The molecular formula is C18H18F3N3O3S. The van der Waals surface area contributed by atoms with E-state index in [2.05, 4.69) is 10.3 Å². The number of amides is 2. The second-order valence-electron chi connectivity index (χ2n) is 6.20. The van der Waals surface area contributed by atoms with Crippen molar-refractivity contribution in [3.8, 4) is 10.6 Å². The average Bonchev–Trinajstić information content (AvgIpc) is 3.27. The molecule has 3 rings (SSSR count). The van der Waals surface area contributed by atoms with E-state index in [0.717, 1.165) is 12.1 Å². The van der Waals surface area contributed by atoms with Crippen LogP contribution in [0.2, 0.25) is 0 Å². The van der Waals surface area contributed by atoms with Crippen LogP contribution in [0.1, 0.15) is 17.7 Å². The normalized spacial score (nSPS) is 14.2. The highest BCUT2D eigenvalue weighted by Gasteiger charge is 2.30. The molecule has 2 amide bonds. The molecular weight excluding hydrogens is 395 g/mol. The van der Waals surface area contributed by atoms with Gasteiger partial charge in [0.2, 0.25) is 5.91 Å². The molecule has 0 spiro atoms. The SMILES string of the molecule is O=C(Cc1csc(-c2cccc(C(F)(F)F)c2)n1)NCCCN1CCOC1=O. The smallest absolute Gasteiger partial charge is 0.416 e. The summed E-state index contributed by atoms with van der Waals surface area (Å²) in [6, 6.07) is 4.95.